The lowest BCUT2D eigenvalue weighted by atomic mass is 9.93. The van der Waals surface area contributed by atoms with Gasteiger partial charge in [-0.25, -0.2) is 4.98 Å². The number of aliphatic hydroxyl groups is 1. The number of ether oxygens (including phenoxy) is 1. The number of hydrogen-bond donors (Lipinski definition) is 1. The second-order valence-corrected chi connectivity index (χ2v) is 6.91. The molecule has 1 aliphatic rings. The Morgan fingerprint density at radius 1 is 1.29 bits per heavy atom. The van der Waals surface area contributed by atoms with E-state index in [0.29, 0.717) is 19.2 Å². The molecule has 1 aromatic carbocycles. The highest BCUT2D eigenvalue weighted by Gasteiger charge is 2.36. The first-order chi connectivity index (χ1) is 11.6. The molecular weight excluding hydrogens is 302 g/mol. The van der Waals surface area contributed by atoms with Crippen LogP contribution in [0.2, 0.25) is 0 Å². The fourth-order valence-corrected chi connectivity index (χ4v) is 3.42. The summed E-state index contributed by atoms with van der Waals surface area (Å²) in [6.45, 7) is 7.35. The van der Waals surface area contributed by atoms with Crippen molar-refractivity contribution in [3.05, 3.63) is 54.1 Å². The normalized spacial score (nSPS) is 22.2. The van der Waals surface area contributed by atoms with Gasteiger partial charge >= 0.3 is 0 Å². The van der Waals surface area contributed by atoms with E-state index in [-0.39, 0.29) is 6.61 Å². The summed E-state index contributed by atoms with van der Waals surface area (Å²) in [5, 5.41) is 10.0. The Morgan fingerprint density at radius 3 is 2.79 bits per heavy atom. The summed E-state index contributed by atoms with van der Waals surface area (Å²) < 4.78 is 8.23. The van der Waals surface area contributed by atoms with Gasteiger partial charge < -0.3 is 14.4 Å². The van der Waals surface area contributed by atoms with Crippen molar-refractivity contribution in [2.24, 2.45) is 0 Å². The molecule has 1 aliphatic heterocycles. The summed E-state index contributed by atoms with van der Waals surface area (Å²) in [4.78, 5) is 6.84. The van der Waals surface area contributed by atoms with Gasteiger partial charge in [-0.3, -0.25) is 4.90 Å². The van der Waals surface area contributed by atoms with Gasteiger partial charge in [-0.1, -0.05) is 30.3 Å². The molecule has 24 heavy (non-hydrogen) atoms. The summed E-state index contributed by atoms with van der Waals surface area (Å²) >= 11 is 0. The zero-order valence-electron chi connectivity index (χ0n) is 14.6. The Hall–Kier alpha value is -1.69. The zero-order chi connectivity index (χ0) is 17.0. The number of nitrogens with zero attached hydrogens (tertiary/aromatic N) is 3. The van der Waals surface area contributed by atoms with Gasteiger partial charge in [0.15, 0.2) is 0 Å². The minimum absolute atomic E-state index is 0.0248. The van der Waals surface area contributed by atoms with Crippen LogP contribution in [0.1, 0.15) is 31.3 Å². The predicted molar refractivity (Wildman–Crippen MR) is 93.8 cm³/mol. The highest BCUT2D eigenvalue weighted by atomic mass is 16.5. The molecule has 0 bridgehead atoms. The van der Waals surface area contributed by atoms with Crippen LogP contribution in [0.4, 0.5) is 0 Å². The van der Waals surface area contributed by atoms with E-state index < -0.39 is 5.60 Å². The van der Waals surface area contributed by atoms with Gasteiger partial charge in [0.25, 0.3) is 0 Å². The fraction of sp³-hybridized carbons (Fsp3) is 0.526. The standard InChI is InChI=1S/C19H27N3O2/c1-16(2)22-9-8-20-18(22)13-21-10-11-24-19(14-21,15-23)12-17-6-4-3-5-7-17/h3-9,16,23H,10-15H2,1-2H3/t19-/m0/s1. The Morgan fingerprint density at radius 2 is 2.08 bits per heavy atom. The molecular formula is C19H27N3O2. The molecule has 0 spiro atoms. The Kier molecular flexibility index (Phi) is 5.33. The molecule has 0 amide bonds. The lowest BCUT2D eigenvalue weighted by Gasteiger charge is -2.42. The van der Waals surface area contributed by atoms with Crippen LogP contribution in [0, 0.1) is 0 Å². The van der Waals surface area contributed by atoms with Gasteiger partial charge in [0.2, 0.25) is 0 Å². The second-order valence-electron chi connectivity index (χ2n) is 6.91. The van der Waals surface area contributed by atoms with E-state index in [1.807, 2.05) is 30.6 Å². The number of rotatable bonds is 6. The lowest BCUT2D eigenvalue weighted by Crippen LogP contribution is -2.55. The topological polar surface area (TPSA) is 50.5 Å². The third-order valence-electron chi connectivity index (χ3n) is 4.66. The van der Waals surface area contributed by atoms with Crippen molar-refractivity contribution < 1.29 is 9.84 Å². The van der Waals surface area contributed by atoms with E-state index in [1.54, 1.807) is 0 Å². The third kappa shape index (κ3) is 3.86. The summed E-state index contributed by atoms with van der Waals surface area (Å²) in [5.41, 5.74) is 0.659. The molecule has 1 N–H and O–H groups in total. The van der Waals surface area contributed by atoms with Gasteiger partial charge in [-0.05, 0) is 19.4 Å². The largest absolute Gasteiger partial charge is 0.393 e. The van der Waals surface area contributed by atoms with Crippen LogP contribution in [0.15, 0.2) is 42.7 Å². The van der Waals surface area contributed by atoms with Crippen molar-refractivity contribution >= 4 is 0 Å². The molecule has 0 saturated carbocycles. The Balaban J connectivity index is 1.71. The molecule has 5 nitrogen and oxygen atoms in total. The maximum absolute atomic E-state index is 10.0. The van der Waals surface area contributed by atoms with Crippen LogP contribution < -0.4 is 0 Å². The molecule has 2 aromatic rings. The van der Waals surface area contributed by atoms with Crippen LogP contribution in [0.5, 0.6) is 0 Å². The molecule has 0 radical (unpaired) electrons. The van der Waals surface area contributed by atoms with E-state index in [0.717, 1.165) is 25.3 Å². The minimum atomic E-state index is -0.533. The van der Waals surface area contributed by atoms with E-state index in [9.17, 15) is 5.11 Å². The number of aliphatic hydroxyl groups excluding tert-OH is 1. The van der Waals surface area contributed by atoms with Crippen molar-refractivity contribution in [1.29, 1.82) is 0 Å². The van der Waals surface area contributed by atoms with Crippen LogP contribution in [0.25, 0.3) is 0 Å². The molecule has 130 valence electrons. The summed E-state index contributed by atoms with van der Waals surface area (Å²) in [7, 11) is 0. The van der Waals surface area contributed by atoms with Crippen LogP contribution >= 0.6 is 0 Å². The van der Waals surface area contributed by atoms with E-state index in [4.69, 9.17) is 4.74 Å². The number of aromatic nitrogens is 2. The van der Waals surface area contributed by atoms with E-state index >= 15 is 0 Å². The molecule has 1 fully saturated rings. The van der Waals surface area contributed by atoms with Gasteiger partial charge in [0.05, 0.1) is 19.8 Å². The third-order valence-corrected chi connectivity index (χ3v) is 4.66. The molecule has 2 heterocycles. The first kappa shape index (κ1) is 17.1. The monoisotopic (exact) mass is 329 g/mol. The van der Waals surface area contributed by atoms with Crippen LogP contribution in [-0.4, -0.2) is 51.5 Å². The highest BCUT2D eigenvalue weighted by molar-refractivity contribution is 5.18. The summed E-state index contributed by atoms with van der Waals surface area (Å²) in [5.74, 6) is 1.07. The molecule has 0 unspecified atom stereocenters. The molecule has 1 atom stereocenters. The maximum atomic E-state index is 10.0. The quantitative estimate of drug-likeness (QED) is 0.883. The van der Waals surface area contributed by atoms with E-state index in [1.165, 1.54) is 5.56 Å². The summed E-state index contributed by atoms with van der Waals surface area (Å²) in [6, 6.07) is 10.6. The van der Waals surface area contributed by atoms with Gasteiger partial charge in [-0.2, -0.15) is 0 Å². The summed E-state index contributed by atoms with van der Waals surface area (Å²) in [6.07, 6.45) is 4.61. The van der Waals surface area contributed by atoms with Crippen molar-refractivity contribution in [3.63, 3.8) is 0 Å². The van der Waals surface area contributed by atoms with Crippen molar-refractivity contribution in [2.75, 3.05) is 26.3 Å². The minimum Gasteiger partial charge on any atom is -0.393 e. The van der Waals surface area contributed by atoms with Crippen molar-refractivity contribution in [2.45, 2.75) is 38.5 Å². The average Bonchev–Trinajstić information content (AvgIpc) is 3.04. The maximum Gasteiger partial charge on any atom is 0.123 e. The van der Waals surface area contributed by atoms with Crippen LogP contribution in [-0.2, 0) is 17.7 Å². The molecule has 1 saturated heterocycles. The number of imidazole rings is 1. The molecule has 3 rings (SSSR count). The molecule has 5 heteroatoms. The van der Waals surface area contributed by atoms with Crippen molar-refractivity contribution in [3.8, 4) is 0 Å². The first-order valence-corrected chi connectivity index (χ1v) is 8.65. The van der Waals surface area contributed by atoms with Gasteiger partial charge in [0.1, 0.15) is 11.4 Å². The highest BCUT2D eigenvalue weighted by Crippen LogP contribution is 2.24. The van der Waals surface area contributed by atoms with Crippen LogP contribution in [0.3, 0.4) is 0 Å². The number of morpholine rings is 1. The van der Waals surface area contributed by atoms with Gasteiger partial charge in [-0.15, -0.1) is 0 Å². The second kappa shape index (κ2) is 7.47. The number of benzene rings is 1. The lowest BCUT2D eigenvalue weighted by molar-refractivity contribution is -0.134. The Bertz CT molecular complexity index is 641. The fourth-order valence-electron chi connectivity index (χ4n) is 3.42. The molecule has 0 aliphatic carbocycles. The van der Waals surface area contributed by atoms with Gasteiger partial charge in [0, 0.05) is 37.9 Å². The SMILES string of the molecule is CC(C)n1ccnc1CN1CCO[C@@](CO)(Cc2ccccc2)C1. The predicted octanol–water partition coefficient (Wildman–Crippen LogP) is 2.27. The molecule has 1 aromatic heterocycles. The Labute approximate surface area is 143 Å². The number of hydrogen-bond acceptors (Lipinski definition) is 4. The van der Waals surface area contributed by atoms with Crippen molar-refractivity contribution in [1.82, 2.24) is 14.5 Å². The zero-order valence-corrected chi connectivity index (χ0v) is 14.6. The smallest absolute Gasteiger partial charge is 0.123 e. The first-order valence-electron chi connectivity index (χ1n) is 8.65. The van der Waals surface area contributed by atoms with E-state index in [2.05, 4.69) is 40.4 Å². The average molecular weight is 329 g/mol.